The number of thiophene rings is 1. The second kappa shape index (κ2) is 6.66. The van der Waals surface area contributed by atoms with E-state index in [1.807, 2.05) is 47.8 Å². The van der Waals surface area contributed by atoms with E-state index in [1.54, 1.807) is 6.92 Å². The van der Waals surface area contributed by atoms with Crippen LogP contribution in [0.3, 0.4) is 0 Å². The Kier molecular flexibility index (Phi) is 4.43. The summed E-state index contributed by atoms with van der Waals surface area (Å²) >= 11 is 1.48. The topological polar surface area (TPSA) is 67.4 Å². The Morgan fingerprint density at radius 3 is 2.65 bits per heavy atom. The summed E-state index contributed by atoms with van der Waals surface area (Å²) in [7, 11) is 0. The van der Waals surface area contributed by atoms with E-state index in [4.69, 9.17) is 4.74 Å². The fraction of sp³-hybridized carbons (Fsp3) is 0.176. The number of carbonyl (C=O) groups excluding carboxylic acids is 2. The van der Waals surface area contributed by atoms with Gasteiger partial charge in [0.15, 0.2) is 0 Å². The number of hydrogen-bond donors (Lipinski definition) is 2. The number of benzene rings is 1. The van der Waals surface area contributed by atoms with Gasteiger partial charge in [-0.2, -0.15) is 0 Å². The van der Waals surface area contributed by atoms with Gasteiger partial charge in [-0.05, 0) is 23.9 Å². The Morgan fingerprint density at radius 2 is 2.00 bits per heavy atom. The molecule has 0 saturated heterocycles. The van der Waals surface area contributed by atoms with Gasteiger partial charge in [0.25, 0.3) is 0 Å². The van der Waals surface area contributed by atoms with Gasteiger partial charge >= 0.3 is 12.0 Å². The average molecular weight is 328 g/mol. The summed E-state index contributed by atoms with van der Waals surface area (Å²) < 4.78 is 5.21. The fourth-order valence-electron chi connectivity index (χ4n) is 2.49. The van der Waals surface area contributed by atoms with Crippen molar-refractivity contribution in [3.63, 3.8) is 0 Å². The Labute approximate surface area is 138 Å². The molecule has 0 radical (unpaired) electrons. The lowest BCUT2D eigenvalue weighted by molar-refractivity contribution is -0.138. The standard InChI is InChI=1S/C17H16N2O3S/c1-2-22-16(20)13-14(11-7-4-3-5-8-11)18-17(21)19-15(13)12-9-6-10-23-12/h3-10,15H,2H2,1H3,(H2,18,19,21)/t15-/m1/s1. The number of ether oxygens (including phenoxy) is 1. The summed E-state index contributed by atoms with van der Waals surface area (Å²) in [4.78, 5) is 25.5. The van der Waals surface area contributed by atoms with Crippen molar-refractivity contribution in [3.8, 4) is 0 Å². The van der Waals surface area contributed by atoms with Crippen molar-refractivity contribution in [2.24, 2.45) is 0 Å². The van der Waals surface area contributed by atoms with E-state index < -0.39 is 12.0 Å². The van der Waals surface area contributed by atoms with Crippen LogP contribution in [0.15, 0.2) is 53.4 Å². The van der Waals surface area contributed by atoms with Crippen molar-refractivity contribution in [1.29, 1.82) is 0 Å². The molecule has 0 bridgehead atoms. The lowest BCUT2D eigenvalue weighted by atomic mass is 9.97. The van der Waals surface area contributed by atoms with Crippen LogP contribution in [0, 0.1) is 0 Å². The molecule has 1 aliphatic rings. The van der Waals surface area contributed by atoms with Gasteiger partial charge in [-0.15, -0.1) is 11.3 Å². The minimum Gasteiger partial charge on any atom is -0.463 e. The molecular weight excluding hydrogens is 312 g/mol. The molecule has 2 amide bonds. The smallest absolute Gasteiger partial charge is 0.338 e. The van der Waals surface area contributed by atoms with Crippen LogP contribution in [0.1, 0.15) is 23.4 Å². The number of hydrogen-bond acceptors (Lipinski definition) is 4. The summed E-state index contributed by atoms with van der Waals surface area (Å²) in [6, 6.07) is 12.2. The lowest BCUT2D eigenvalue weighted by Gasteiger charge is -2.28. The zero-order valence-electron chi connectivity index (χ0n) is 12.5. The first kappa shape index (κ1) is 15.3. The van der Waals surface area contributed by atoms with Crippen molar-refractivity contribution in [1.82, 2.24) is 10.6 Å². The molecule has 1 aromatic heterocycles. The molecule has 2 N–H and O–H groups in total. The molecule has 2 aromatic rings. The number of amides is 2. The van der Waals surface area contributed by atoms with E-state index in [-0.39, 0.29) is 12.6 Å². The molecule has 2 heterocycles. The summed E-state index contributed by atoms with van der Waals surface area (Å²) in [5, 5.41) is 7.47. The van der Waals surface area contributed by atoms with Crippen LogP contribution in [0.5, 0.6) is 0 Å². The quantitative estimate of drug-likeness (QED) is 0.848. The molecule has 118 valence electrons. The highest BCUT2D eigenvalue weighted by molar-refractivity contribution is 7.10. The van der Waals surface area contributed by atoms with E-state index in [0.29, 0.717) is 11.3 Å². The maximum absolute atomic E-state index is 12.5. The van der Waals surface area contributed by atoms with Gasteiger partial charge in [0.05, 0.1) is 23.9 Å². The Morgan fingerprint density at radius 1 is 1.22 bits per heavy atom. The van der Waals surface area contributed by atoms with E-state index in [9.17, 15) is 9.59 Å². The van der Waals surface area contributed by atoms with Crippen LogP contribution in [0.25, 0.3) is 5.70 Å². The maximum atomic E-state index is 12.5. The van der Waals surface area contributed by atoms with Crippen molar-refractivity contribution < 1.29 is 14.3 Å². The Hall–Kier alpha value is -2.60. The number of esters is 1. The van der Waals surface area contributed by atoms with E-state index in [1.165, 1.54) is 11.3 Å². The van der Waals surface area contributed by atoms with Gasteiger partial charge in [0, 0.05) is 4.88 Å². The molecule has 0 spiro atoms. The van der Waals surface area contributed by atoms with Crippen molar-refractivity contribution in [2.75, 3.05) is 6.61 Å². The maximum Gasteiger partial charge on any atom is 0.338 e. The minimum atomic E-state index is -0.516. The lowest BCUT2D eigenvalue weighted by Crippen LogP contribution is -2.45. The highest BCUT2D eigenvalue weighted by Gasteiger charge is 2.34. The number of carbonyl (C=O) groups is 2. The fourth-order valence-corrected chi connectivity index (χ4v) is 3.28. The first-order valence-corrected chi connectivity index (χ1v) is 8.16. The molecule has 3 rings (SSSR count). The van der Waals surface area contributed by atoms with Crippen LogP contribution in [0.4, 0.5) is 4.79 Å². The highest BCUT2D eigenvalue weighted by atomic mass is 32.1. The summed E-state index contributed by atoms with van der Waals surface area (Å²) in [5.74, 6) is -0.433. The third-order valence-electron chi connectivity index (χ3n) is 3.46. The third kappa shape index (κ3) is 3.12. The van der Waals surface area contributed by atoms with Crippen LogP contribution >= 0.6 is 11.3 Å². The van der Waals surface area contributed by atoms with Gasteiger partial charge < -0.3 is 15.4 Å². The molecule has 1 atom stereocenters. The van der Waals surface area contributed by atoms with E-state index in [2.05, 4.69) is 10.6 Å². The molecule has 6 heteroatoms. The molecule has 5 nitrogen and oxygen atoms in total. The van der Waals surface area contributed by atoms with Crippen LogP contribution in [-0.4, -0.2) is 18.6 Å². The monoisotopic (exact) mass is 328 g/mol. The molecule has 1 aromatic carbocycles. The van der Waals surface area contributed by atoms with Gasteiger partial charge in [-0.1, -0.05) is 36.4 Å². The summed E-state index contributed by atoms with van der Waals surface area (Å²) in [6.45, 7) is 2.03. The molecular formula is C17H16N2O3S. The second-order valence-electron chi connectivity index (χ2n) is 4.92. The van der Waals surface area contributed by atoms with Crippen molar-refractivity contribution in [2.45, 2.75) is 13.0 Å². The highest BCUT2D eigenvalue weighted by Crippen LogP contribution is 2.33. The van der Waals surface area contributed by atoms with Gasteiger partial charge in [-0.25, -0.2) is 9.59 Å². The normalized spacial score (nSPS) is 17.4. The van der Waals surface area contributed by atoms with Gasteiger partial charge in [-0.3, -0.25) is 0 Å². The van der Waals surface area contributed by atoms with Crippen LogP contribution in [-0.2, 0) is 9.53 Å². The van der Waals surface area contributed by atoms with Crippen molar-refractivity contribution in [3.05, 3.63) is 63.9 Å². The molecule has 0 fully saturated rings. The first-order chi connectivity index (χ1) is 11.2. The SMILES string of the molecule is CCOC(=O)C1=C(c2ccccc2)NC(=O)N[C@@H]1c1cccs1. The molecule has 0 saturated carbocycles. The van der Waals surface area contributed by atoms with E-state index >= 15 is 0 Å². The first-order valence-electron chi connectivity index (χ1n) is 7.28. The largest absolute Gasteiger partial charge is 0.463 e. The minimum absolute atomic E-state index is 0.273. The number of nitrogens with one attached hydrogen (secondary N) is 2. The van der Waals surface area contributed by atoms with Crippen LogP contribution < -0.4 is 10.6 Å². The molecule has 0 aliphatic carbocycles. The van der Waals surface area contributed by atoms with E-state index in [0.717, 1.165) is 10.4 Å². The molecule has 23 heavy (non-hydrogen) atoms. The molecule has 0 unspecified atom stereocenters. The summed E-state index contributed by atoms with van der Waals surface area (Å²) in [6.07, 6.45) is 0. The Bertz CT molecular complexity index is 738. The number of urea groups is 1. The van der Waals surface area contributed by atoms with Gasteiger partial charge in [0.2, 0.25) is 0 Å². The predicted octanol–water partition coefficient (Wildman–Crippen LogP) is 3.08. The zero-order chi connectivity index (χ0) is 16.2. The number of rotatable bonds is 4. The third-order valence-corrected chi connectivity index (χ3v) is 4.39. The molecule has 1 aliphatic heterocycles. The Balaban J connectivity index is 2.15. The predicted molar refractivity (Wildman–Crippen MR) is 88.7 cm³/mol. The van der Waals surface area contributed by atoms with Crippen molar-refractivity contribution >= 4 is 29.0 Å². The average Bonchev–Trinajstić information content (AvgIpc) is 3.09. The zero-order valence-corrected chi connectivity index (χ0v) is 13.4. The summed E-state index contributed by atoms with van der Waals surface area (Å²) in [5.41, 5.74) is 1.68. The van der Waals surface area contributed by atoms with Crippen LogP contribution in [0.2, 0.25) is 0 Å². The second-order valence-corrected chi connectivity index (χ2v) is 5.90. The van der Waals surface area contributed by atoms with Gasteiger partial charge in [0.1, 0.15) is 0 Å².